The Labute approximate surface area is 141 Å². The molecule has 1 aromatic carbocycles. The van der Waals surface area contributed by atoms with Crippen LogP contribution in [0.2, 0.25) is 0 Å². The third-order valence-corrected chi connectivity index (χ3v) is 4.68. The lowest BCUT2D eigenvalue weighted by Crippen LogP contribution is -2.43. The Kier molecular flexibility index (Phi) is 5.13. The lowest BCUT2D eigenvalue weighted by Gasteiger charge is -2.29. The van der Waals surface area contributed by atoms with E-state index >= 15 is 0 Å². The Morgan fingerprint density at radius 1 is 1.29 bits per heavy atom. The van der Waals surface area contributed by atoms with Gasteiger partial charge in [-0.15, -0.1) is 0 Å². The van der Waals surface area contributed by atoms with Crippen molar-refractivity contribution in [2.45, 2.75) is 45.1 Å². The molecular weight excluding hydrogens is 306 g/mol. The lowest BCUT2D eigenvalue weighted by atomic mass is 9.86. The Balaban J connectivity index is 1.47. The number of rotatable bonds is 5. The van der Waals surface area contributed by atoms with Crippen molar-refractivity contribution in [1.29, 1.82) is 0 Å². The highest BCUT2D eigenvalue weighted by atomic mass is 16.5. The molecule has 0 saturated heterocycles. The second kappa shape index (κ2) is 7.47. The van der Waals surface area contributed by atoms with Gasteiger partial charge >= 0.3 is 5.97 Å². The van der Waals surface area contributed by atoms with Gasteiger partial charge in [0.25, 0.3) is 5.91 Å². The maximum atomic E-state index is 12.0. The smallest absolute Gasteiger partial charge is 0.312 e. The molecule has 1 fully saturated rings. The van der Waals surface area contributed by atoms with Gasteiger partial charge in [-0.25, -0.2) is 0 Å². The molecule has 2 N–H and O–H groups in total. The number of amides is 1. The summed E-state index contributed by atoms with van der Waals surface area (Å²) < 4.78 is 5.10. The van der Waals surface area contributed by atoms with E-state index in [-0.39, 0.29) is 25.0 Å². The van der Waals surface area contributed by atoms with Crippen molar-refractivity contribution in [2.75, 3.05) is 6.61 Å². The van der Waals surface area contributed by atoms with Crippen LogP contribution in [0.15, 0.2) is 24.3 Å². The first-order valence-corrected chi connectivity index (χ1v) is 8.50. The van der Waals surface area contributed by atoms with Crippen LogP contribution in [-0.4, -0.2) is 34.7 Å². The van der Waals surface area contributed by atoms with Crippen molar-refractivity contribution >= 4 is 22.8 Å². The summed E-state index contributed by atoms with van der Waals surface area (Å²) in [6.07, 6.45) is 4.58. The minimum Gasteiger partial charge on any atom is -0.455 e. The molecule has 24 heavy (non-hydrogen) atoms. The third kappa shape index (κ3) is 3.93. The first-order valence-electron chi connectivity index (χ1n) is 8.50. The molecule has 1 amide bonds. The number of benzene rings is 1. The van der Waals surface area contributed by atoms with E-state index in [2.05, 4.69) is 22.4 Å². The summed E-state index contributed by atoms with van der Waals surface area (Å²) >= 11 is 0. The van der Waals surface area contributed by atoms with Crippen molar-refractivity contribution in [3.05, 3.63) is 30.0 Å². The van der Waals surface area contributed by atoms with E-state index in [1.807, 2.05) is 24.3 Å². The summed E-state index contributed by atoms with van der Waals surface area (Å²) in [6.45, 7) is 1.92. The first kappa shape index (κ1) is 16.5. The molecule has 1 heterocycles. The SMILES string of the molecule is C[C@H]1CCCC[C@H]1NC(=O)COC(=O)Cc1[nH]nc2ccccc12. The van der Waals surface area contributed by atoms with Crippen LogP contribution >= 0.6 is 0 Å². The Hall–Kier alpha value is -2.37. The summed E-state index contributed by atoms with van der Waals surface area (Å²) in [4.78, 5) is 23.9. The number of H-pyrrole nitrogens is 1. The fourth-order valence-corrected chi connectivity index (χ4v) is 3.27. The van der Waals surface area contributed by atoms with Gasteiger partial charge < -0.3 is 10.1 Å². The number of aromatic nitrogens is 2. The standard InChI is InChI=1S/C18H23N3O3/c1-12-6-2-4-8-14(12)19-17(22)11-24-18(23)10-16-13-7-3-5-9-15(13)20-21-16/h3,5,7,9,12,14H,2,4,6,8,10-11H2,1H3,(H,19,22)(H,20,21)/t12-,14+/m0/s1. The van der Waals surface area contributed by atoms with E-state index in [4.69, 9.17) is 4.74 Å². The first-order chi connectivity index (χ1) is 11.6. The van der Waals surface area contributed by atoms with E-state index in [1.54, 1.807) is 0 Å². The molecule has 0 unspecified atom stereocenters. The monoisotopic (exact) mass is 329 g/mol. The average molecular weight is 329 g/mol. The minimum atomic E-state index is -0.434. The van der Waals surface area contributed by atoms with E-state index in [0.29, 0.717) is 11.6 Å². The fraction of sp³-hybridized carbons (Fsp3) is 0.500. The zero-order valence-corrected chi connectivity index (χ0v) is 13.9. The van der Waals surface area contributed by atoms with Crippen LogP contribution in [0, 0.1) is 5.92 Å². The molecular formula is C18H23N3O3. The molecule has 3 rings (SSSR count). The number of nitrogens with zero attached hydrogens (tertiary/aromatic N) is 1. The Morgan fingerprint density at radius 3 is 2.92 bits per heavy atom. The van der Waals surface area contributed by atoms with Crippen LogP contribution in [0.1, 0.15) is 38.3 Å². The molecule has 1 aliphatic carbocycles. The molecule has 1 aromatic heterocycles. The predicted octanol–water partition coefficient (Wildman–Crippen LogP) is 2.34. The van der Waals surface area contributed by atoms with Crippen LogP contribution in [0.5, 0.6) is 0 Å². The molecule has 0 aliphatic heterocycles. The zero-order chi connectivity index (χ0) is 16.9. The number of hydrogen-bond acceptors (Lipinski definition) is 4. The number of esters is 1. The van der Waals surface area contributed by atoms with Crippen LogP contribution in [0.25, 0.3) is 10.9 Å². The average Bonchev–Trinajstić information content (AvgIpc) is 2.98. The summed E-state index contributed by atoms with van der Waals surface area (Å²) in [5.41, 5.74) is 1.52. The number of fused-ring (bicyclic) bond motifs is 1. The molecule has 0 bridgehead atoms. The van der Waals surface area contributed by atoms with Crippen LogP contribution in [0.3, 0.4) is 0 Å². The second-order valence-electron chi connectivity index (χ2n) is 6.49. The van der Waals surface area contributed by atoms with Crippen molar-refractivity contribution in [1.82, 2.24) is 15.5 Å². The van der Waals surface area contributed by atoms with Crippen LogP contribution in [-0.2, 0) is 20.7 Å². The number of ether oxygens (including phenoxy) is 1. The highest BCUT2D eigenvalue weighted by Gasteiger charge is 2.23. The normalized spacial score (nSPS) is 20.7. The number of para-hydroxylation sites is 1. The Morgan fingerprint density at radius 2 is 2.08 bits per heavy atom. The third-order valence-electron chi connectivity index (χ3n) is 4.68. The van der Waals surface area contributed by atoms with E-state index in [9.17, 15) is 9.59 Å². The van der Waals surface area contributed by atoms with Gasteiger partial charge in [0, 0.05) is 11.4 Å². The molecule has 1 saturated carbocycles. The zero-order valence-electron chi connectivity index (χ0n) is 13.9. The largest absolute Gasteiger partial charge is 0.455 e. The topological polar surface area (TPSA) is 84.1 Å². The van der Waals surface area contributed by atoms with Crippen molar-refractivity contribution in [3.8, 4) is 0 Å². The van der Waals surface area contributed by atoms with Crippen LogP contribution < -0.4 is 5.32 Å². The summed E-state index contributed by atoms with van der Waals surface area (Å²) in [5, 5.41) is 10.9. The van der Waals surface area contributed by atoms with Gasteiger partial charge in [-0.1, -0.05) is 38.0 Å². The summed E-state index contributed by atoms with van der Waals surface area (Å²) in [6, 6.07) is 7.76. The van der Waals surface area contributed by atoms with Crippen molar-refractivity contribution < 1.29 is 14.3 Å². The van der Waals surface area contributed by atoms with Gasteiger partial charge in [0.05, 0.1) is 17.6 Å². The van der Waals surface area contributed by atoms with Gasteiger partial charge in [0.15, 0.2) is 6.61 Å². The molecule has 2 atom stereocenters. The molecule has 128 valence electrons. The van der Waals surface area contributed by atoms with Gasteiger partial charge in [0.2, 0.25) is 0 Å². The predicted molar refractivity (Wildman–Crippen MR) is 90.3 cm³/mol. The van der Waals surface area contributed by atoms with Gasteiger partial charge in [-0.3, -0.25) is 14.7 Å². The minimum absolute atomic E-state index is 0.0770. The molecule has 0 radical (unpaired) electrons. The number of nitrogens with one attached hydrogen (secondary N) is 2. The van der Waals surface area contributed by atoms with Gasteiger partial charge in [-0.2, -0.15) is 5.10 Å². The number of hydrogen-bond donors (Lipinski definition) is 2. The number of aromatic amines is 1. The maximum Gasteiger partial charge on any atom is 0.312 e. The molecule has 1 aliphatic rings. The van der Waals surface area contributed by atoms with E-state index < -0.39 is 5.97 Å². The molecule has 6 nitrogen and oxygen atoms in total. The molecule has 2 aromatic rings. The molecule has 0 spiro atoms. The highest BCUT2D eigenvalue weighted by Crippen LogP contribution is 2.23. The summed E-state index contributed by atoms with van der Waals surface area (Å²) in [5.74, 6) is -0.178. The second-order valence-corrected chi connectivity index (χ2v) is 6.49. The molecule has 6 heteroatoms. The van der Waals surface area contributed by atoms with Crippen LogP contribution in [0.4, 0.5) is 0 Å². The van der Waals surface area contributed by atoms with Gasteiger partial charge in [-0.05, 0) is 24.8 Å². The highest BCUT2D eigenvalue weighted by molar-refractivity contribution is 5.86. The van der Waals surface area contributed by atoms with E-state index in [1.165, 1.54) is 6.42 Å². The van der Waals surface area contributed by atoms with E-state index in [0.717, 1.165) is 30.2 Å². The maximum absolute atomic E-state index is 12.0. The number of carbonyl (C=O) groups is 2. The Bertz CT molecular complexity index is 725. The van der Waals surface area contributed by atoms with Gasteiger partial charge in [0.1, 0.15) is 0 Å². The lowest BCUT2D eigenvalue weighted by molar-refractivity contribution is -0.148. The number of carbonyl (C=O) groups excluding carboxylic acids is 2. The fourth-order valence-electron chi connectivity index (χ4n) is 3.27. The quantitative estimate of drug-likeness (QED) is 0.825. The van der Waals surface area contributed by atoms with Crippen molar-refractivity contribution in [2.24, 2.45) is 5.92 Å². The van der Waals surface area contributed by atoms with Crippen molar-refractivity contribution in [3.63, 3.8) is 0 Å². The summed E-state index contributed by atoms with van der Waals surface area (Å²) in [7, 11) is 0.